The maximum atomic E-state index is 12.3. The van der Waals surface area contributed by atoms with Gasteiger partial charge in [0.1, 0.15) is 12.4 Å². The van der Waals surface area contributed by atoms with Crippen LogP contribution in [0.1, 0.15) is 11.1 Å². The molecule has 1 aromatic heterocycles. The van der Waals surface area contributed by atoms with Crippen LogP contribution in [0.2, 0.25) is 10.0 Å². The van der Waals surface area contributed by atoms with Crippen LogP contribution in [0.5, 0.6) is 5.75 Å². The fourth-order valence-electron chi connectivity index (χ4n) is 2.90. The predicted octanol–water partition coefficient (Wildman–Crippen LogP) is 7.70. The first-order valence-electron chi connectivity index (χ1n) is 10.3. The van der Waals surface area contributed by atoms with Crippen molar-refractivity contribution in [3.63, 3.8) is 0 Å². The number of halogens is 3. The van der Waals surface area contributed by atoms with Gasteiger partial charge in [-0.2, -0.15) is 5.10 Å². The van der Waals surface area contributed by atoms with E-state index in [1.807, 2.05) is 72.1 Å². The smallest absolute Gasteiger partial charge is 0.250 e. The van der Waals surface area contributed by atoms with Crippen molar-refractivity contribution >= 4 is 74.4 Å². The lowest BCUT2D eigenvalue weighted by atomic mass is 10.2. The van der Waals surface area contributed by atoms with E-state index in [2.05, 4.69) is 31.4 Å². The number of nitrogens with one attached hydrogen (secondary N) is 1. The number of thioether (sulfide) groups is 1. The van der Waals surface area contributed by atoms with E-state index in [1.54, 1.807) is 6.21 Å². The summed E-state index contributed by atoms with van der Waals surface area (Å²) in [6, 6.07) is 20.6. The molecule has 1 amide bonds. The molecule has 0 unspecified atom stereocenters. The summed E-state index contributed by atoms with van der Waals surface area (Å²) >= 11 is 18.2. The van der Waals surface area contributed by atoms with Gasteiger partial charge in [0, 0.05) is 31.0 Å². The molecule has 178 valence electrons. The van der Waals surface area contributed by atoms with Crippen LogP contribution in [0.25, 0.3) is 11.3 Å². The minimum absolute atomic E-state index is 0.198. The van der Waals surface area contributed by atoms with Crippen molar-refractivity contribution in [2.24, 2.45) is 5.10 Å². The Morgan fingerprint density at radius 1 is 1.09 bits per heavy atom. The minimum atomic E-state index is -0.229. The molecule has 0 bridgehead atoms. The third-order valence-corrected chi connectivity index (χ3v) is 7.64. The summed E-state index contributed by atoms with van der Waals surface area (Å²) in [7, 11) is 0. The first-order chi connectivity index (χ1) is 17.0. The molecular weight excluding hydrogens is 589 g/mol. The third-order valence-electron chi connectivity index (χ3n) is 4.62. The number of hydrazone groups is 1. The standard InChI is InChI=1S/C25H18BrCl2N3O2S2/c26-19-5-10-23(33-13-16-1-6-20(27)7-2-16)18(11-19)12-29-31-24(32)15-35-25-30-22(14-34-25)17-3-8-21(28)9-4-17/h1-12,14H,13,15H2,(H,31,32)/b29-12+. The van der Waals surface area contributed by atoms with Crippen molar-refractivity contribution in [1.82, 2.24) is 10.4 Å². The van der Waals surface area contributed by atoms with E-state index in [0.29, 0.717) is 22.4 Å². The summed E-state index contributed by atoms with van der Waals surface area (Å²) in [6.07, 6.45) is 1.56. The Morgan fingerprint density at radius 2 is 1.80 bits per heavy atom. The lowest BCUT2D eigenvalue weighted by molar-refractivity contribution is -0.118. The number of aromatic nitrogens is 1. The monoisotopic (exact) mass is 605 g/mol. The number of thiazole rings is 1. The number of carbonyl (C=O) groups excluding carboxylic acids is 1. The van der Waals surface area contributed by atoms with E-state index in [-0.39, 0.29) is 11.7 Å². The molecular formula is C25H18BrCl2N3O2S2. The zero-order valence-corrected chi connectivity index (χ0v) is 22.8. The molecule has 0 saturated heterocycles. The van der Waals surface area contributed by atoms with Gasteiger partial charge in [0.05, 0.1) is 17.7 Å². The number of rotatable bonds is 9. The number of carbonyl (C=O) groups is 1. The van der Waals surface area contributed by atoms with E-state index in [0.717, 1.165) is 31.2 Å². The molecule has 0 aliphatic carbocycles. The van der Waals surface area contributed by atoms with Crippen molar-refractivity contribution < 1.29 is 9.53 Å². The van der Waals surface area contributed by atoms with Crippen LogP contribution in [0.3, 0.4) is 0 Å². The lowest BCUT2D eigenvalue weighted by Crippen LogP contribution is -2.19. The van der Waals surface area contributed by atoms with Crippen LogP contribution in [-0.2, 0) is 11.4 Å². The van der Waals surface area contributed by atoms with Crippen molar-refractivity contribution in [1.29, 1.82) is 0 Å². The molecule has 5 nitrogen and oxygen atoms in total. The van der Waals surface area contributed by atoms with Gasteiger partial charge in [0.25, 0.3) is 5.91 Å². The van der Waals surface area contributed by atoms with Crippen molar-refractivity contribution in [2.45, 2.75) is 10.9 Å². The van der Waals surface area contributed by atoms with Gasteiger partial charge in [-0.1, -0.05) is 75.2 Å². The molecule has 10 heteroatoms. The topological polar surface area (TPSA) is 63.6 Å². The van der Waals surface area contributed by atoms with Crippen molar-refractivity contribution in [3.05, 3.63) is 97.8 Å². The SMILES string of the molecule is O=C(CSc1nc(-c2ccc(Cl)cc2)cs1)N/N=C/c1cc(Br)ccc1OCc1ccc(Cl)cc1. The van der Waals surface area contributed by atoms with Crippen molar-refractivity contribution in [3.8, 4) is 17.0 Å². The first-order valence-corrected chi connectivity index (χ1v) is 13.7. The van der Waals surface area contributed by atoms with Gasteiger partial charge in [-0.15, -0.1) is 11.3 Å². The molecule has 0 fully saturated rings. The molecule has 0 atom stereocenters. The molecule has 0 spiro atoms. The summed E-state index contributed by atoms with van der Waals surface area (Å²) in [6.45, 7) is 0.383. The number of ether oxygens (including phenoxy) is 1. The number of amides is 1. The second-order valence-electron chi connectivity index (χ2n) is 7.18. The normalized spacial score (nSPS) is 11.1. The molecule has 35 heavy (non-hydrogen) atoms. The Hall–Kier alpha value is -2.36. The Balaban J connectivity index is 1.30. The van der Waals surface area contributed by atoms with Crippen LogP contribution >= 0.6 is 62.2 Å². The van der Waals surface area contributed by atoms with Gasteiger partial charge in [0.2, 0.25) is 0 Å². The van der Waals surface area contributed by atoms with Crippen LogP contribution in [0.4, 0.5) is 0 Å². The van der Waals surface area contributed by atoms with Gasteiger partial charge in [-0.05, 0) is 48.0 Å². The molecule has 1 N–H and O–H groups in total. The molecule has 0 saturated carbocycles. The van der Waals surface area contributed by atoms with Gasteiger partial charge >= 0.3 is 0 Å². The predicted molar refractivity (Wildman–Crippen MR) is 149 cm³/mol. The molecule has 3 aromatic carbocycles. The maximum absolute atomic E-state index is 12.3. The van der Waals surface area contributed by atoms with E-state index < -0.39 is 0 Å². The number of hydrogen-bond donors (Lipinski definition) is 1. The van der Waals surface area contributed by atoms with E-state index in [9.17, 15) is 4.79 Å². The number of nitrogens with zero attached hydrogens (tertiary/aromatic N) is 2. The second kappa shape index (κ2) is 12.6. The Bertz CT molecular complexity index is 1330. The Kier molecular flexibility index (Phi) is 9.23. The third kappa shape index (κ3) is 7.81. The average Bonchev–Trinajstić information content (AvgIpc) is 3.33. The van der Waals surface area contributed by atoms with Crippen LogP contribution in [-0.4, -0.2) is 22.9 Å². The fraction of sp³-hybridized carbons (Fsp3) is 0.0800. The van der Waals surface area contributed by atoms with Gasteiger partial charge in [0.15, 0.2) is 4.34 Å². The number of hydrogen-bond acceptors (Lipinski definition) is 6. The first kappa shape index (κ1) is 25.7. The summed E-state index contributed by atoms with van der Waals surface area (Å²) in [4.78, 5) is 16.8. The highest BCUT2D eigenvalue weighted by Crippen LogP contribution is 2.29. The zero-order valence-electron chi connectivity index (χ0n) is 18.1. The molecule has 4 rings (SSSR count). The van der Waals surface area contributed by atoms with Crippen molar-refractivity contribution in [2.75, 3.05) is 5.75 Å². The highest BCUT2D eigenvalue weighted by Gasteiger charge is 2.09. The molecule has 1 heterocycles. The van der Waals surface area contributed by atoms with Crippen LogP contribution in [0, 0.1) is 0 Å². The summed E-state index contributed by atoms with van der Waals surface area (Å²) in [5.41, 5.74) is 6.12. The summed E-state index contributed by atoms with van der Waals surface area (Å²) in [5, 5.41) is 7.41. The van der Waals surface area contributed by atoms with E-state index >= 15 is 0 Å². The van der Waals surface area contributed by atoms with Gasteiger partial charge < -0.3 is 4.74 Å². The summed E-state index contributed by atoms with van der Waals surface area (Å²) in [5.74, 6) is 0.615. The molecule has 0 aliphatic rings. The minimum Gasteiger partial charge on any atom is -0.488 e. The molecule has 4 aromatic rings. The van der Waals surface area contributed by atoms with Crippen LogP contribution < -0.4 is 10.2 Å². The second-order valence-corrected chi connectivity index (χ2v) is 11.1. The van der Waals surface area contributed by atoms with Gasteiger partial charge in [-0.3, -0.25) is 4.79 Å². The highest BCUT2D eigenvalue weighted by molar-refractivity contribution is 9.10. The molecule has 0 radical (unpaired) electrons. The lowest BCUT2D eigenvalue weighted by Gasteiger charge is -2.10. The Morgan fingerprint density at radius 3 is 2.54 bits per heavy atom. The summed E-state index contributed by atoms with van der Waals surface area (Å²) < 4.78 is 7.62. The van der Waals surface area contributed by atoms with Crippen LogP contribution in [0.15, 0.2) is 86.0 Å². The highest BCUT2D eigenvalue weighted by atomic mass is 79.9. The quantitative estimate of drug-likeness (QED) is 0.120. The van der Waals surface area contributed by atoms with E-state index in [4.69, 9.17) is 27.9 Å². The maximum Gasteiger partial charge on any atom is 0.250 e. The van der Waals surface area contributed by atoms with E-state index in [1.165, 1.54) is 23.1 Å². The fourth-order valence-corrected chi connectivity index (χ4v) is 5.16. The molecule has 0 aliphatic heterocycles. The van der Waals surface area contributed by atoms with Gasteiger partial charge in [-0.25, -0.2) is 10.4 Å². The average molecular weight is 607 g/mol. The Labute approximate surface area is 229 Å². The zero-order chi connectivity index (χ0) is 24.6. The number of benzene rings is 3. The largest absolute Gasteiger partial charge is 0.488 e.